The van der Waals surface area contributed by atoms with Gasteiger partial charge in [-0.2, -0.15) is 0 Å². The zero-order valence-corrected chi connectivity index (χ0v) is 23.3. The van der Waals surface area contributed by atoms with Gasteiger partial charge < -0.3 is 19.4 Å². The van der Waals surface area contributed by atoms with Crippen molar-refractivity contribution >= 4 is 12.3 Å². The highest BCUT2D eigenvalue weighted by Gasteiger charge is 2.84. The number of carbonyl (C=O) groups is 2. The number of aldehydes is 1. The number of benzene rings is 1. The number of aliphatic carboxylic acids is 1. The van der Waals surface area contributed by atoms with Crippen molar-refractivity contribution in [1.29, 1.82) is 0 Å². The van der Waals surface area contributed by atoms with Crippen LogP contribution in [0.15, 0.2) is 42.0 Å². The molecule has 0 amide bonds. The van der Waals surface area contributed by atoms with Crippen LogP contribution in [0.4, 0.5) is 0 Å². The molecule has 0 spiro atoms. The molecule has 4 fully saturated rings. The molecular weight excluding hydrogens is 478 g/mol. The maximum atomic E-state index is 13.6. The first kappa shape index (κ1) is 26.2. The fraction of sp³-hybridized carbons (Fsp3) is 0.688. The van der Waals surface area contributed by atoms with Crippen molar-refractivity contribution in [1.82, 2.24) is 4.90 Å². The van der Waals surface area contributed by atoms with E-state index < -0.39 is 28.5 Å². The summed E-state index contributed by atoms with van der Waals surface area (Å²) in [5, 5.41) is 11.2. The summed E-state index contributed by atoms with van der Waals surface area (Å²) in [4.78, 5) is 29.2. The van der Waals surface area contributed by atoms with Gasteiger partial charge in [-0.15, -0.1) is 0 Å². The first-order valence-corrected chi connectivity index (χ1v) is 14.6. The smallest absolute Gasteiger partial charge is 0.315 e. The maximum absolute atomic E-state index is 13.6. The monoisotopic (exact) mass is 521 g/mol. The Morgan fingerprint density at radius 3 is 2.63 bits per heavy atom. The number of carbonyl (C=O) groups excluding carboxylic acids is 1. The van der Waals surface area contributed by atoms with Crippen LogP contribution in [0.2, 0.25) is 0 Å². The van der Waals surface area contributed by atoms with Crippen molar-refractivity contribution in [2.24, 2.45) is 45.8 Å². The molecule has 1 heterocycles. The molecule has 1 N–H and O–H groups in total. The predicted molar refractivity (Wildman–Crippen MR) is 144 cm³/mol. The second-order valence-corrected chi connectivity index (χ2v) is 13.4. The highest BCUT2D eigenvalue weighted by atomic mass is 16.7. The number of carboxylic acids is 1. The Bertz CT molecular complexity index is 1120. The van der Waals surface area contributed by atoms with Crippen LogP contribution in [0, 0.1) is 45.8 Å². The number of nitrogens with zero attached hydrogens (tertiary/aromatic N) is 1. The van der Waals surface area contributed by atoms with Crippen LogP contribution in [-0.2, 0) is 25.6 Å². The topological polar surface area (TPSA) is 76.1 Å². The number of carboxylic acid groups (broad SMARTS) is 1. The molecular formula is C32H43NO5. The maximum Gasteiger partial charge on any atom is 0.315 e. The van der Waals surface area contributed by atoms with E-state index in [-0.39, 0.29) is 23.9 Å². The van der Waals surface area contributed by atoms with Crippen LogP contribution in [0.1, 0.15) is 58.9 Å². The van der Waals surface area contributed by atoms with Crippen LogP contribution in [0.3, 0.4) is 0 Å². The van der Waals surface area contributed by atoms with Gasteiger partial charge in [0.05, 0.1) is 18.1 Å². The van der Waals surface area contributed by atoms with Crippen molar-refractivity contribution in [2.75, 3.05) is 19.7 Å². The molecule has 9 atom stereocenters. The molecule has 0 radical (unpaired) electrons. The van der Waals surface area contributed by atoms with Crippen molar-refractivity contribution in [3.8, 4) is 0 Å². The molecule has 1 saturated heterocycles. The summed E-state index contributed by atoms with van der Waals surface area (Å²) in [5.74, 6) is 0.283. The zero-order chi connectivity index (χ0) is 26.9. The Labute approximate surface area is 226 Å². The Kier molecular flexibility index (Phi) is 6.40. The van der Waals surface area contributed by atoms with Gasteiger partial charge in [0.1, 0.15) is 11.7 Å². The molecule has 0 aromatic heterocycles. The Morgan fingerprint density at radius 1 is 1.18 bits per heavy atom. The van der Waals surface area contributed by atoms with Crippen LogP contribution < -0.4 is 0 Å². The summed E-state index contributed by atoms with van der Waals surface area (Å²) >= 11 is 0. The predicted octanol–water partition coefficient (Wildman–Crippen LogP) is 5.17. The lowest BCUT2D eigenvalue weighted by Gasteiger charge is -2.58. The number of morpholine rings is 1. The minimum absolute atomic E-state index is 0.0210. The number of hydrogen-bond acceptors (Lipinski definition) is 5. The normalized spacial score (nSPS) is 43.8. The zero-order valence-electron chi connectivity index (χ0n) is 23.3. The van der Waals surface area contributed by atoms with Gasteiger partial charge >= 0.3 is 5.97 Å². The largest absolute Gasteiger partial charge is 0.481 e. The van der Waals surface area contributed by atoms with Gasteiger partial charge in [-0.05, 0) is 61.3 Å². The molecule has 3 saturated carbocycles. The molecule has 1 aliphatic heterocycles. The van der Waals surface area contributed by atoms with Gasteiger partial charge in [-0.3, -0.25) is 9.69 Å². The number of allylic oxidation sites excluding steroid dienone is 1. The summed E-state index contributed by atoms with van der Waals surface area (Å²) in [7, 11) is 0. The number of hydrogen-bond donors (Lipinski definition) is 1. The van der Waals surface area contributed by atoms with E-state index >= 15 is 0 Å². The van der Waals surface area contributed by atoms with Gasteiger partial charge in [-0.25, -0.2) is 0 Å². The lowest BCUT2D eigenvalue weighted by molar-refractivity contribution is -0.237. The Balaban J connectivity index is 1.33. The van der Waals surface area contributed by atoms with Gasteiger partial charge in [0.15, 0.2) is 6.29 Å². The molecule has 6 rings (SSSR count). The molecule has 38 heavy (non-hydrogen) atoms. The molecule has 0 unspecified atom stereocenters. The summed E-state index contributed by atoms with van der Waals surface area (Å²) in [5.41, 5.74) is -0.454. The second-order valence-electron chi connectivity index (χ2n) is 13.4. The lowest BCUT2D eigenvalue weighted by Crippen LogP contribution is -2.64. The fourth-order valence-electron chi connectivity index (χ4n) is 9.93. The minimum Gasteiger partial charge on any atom is -0.481 e. The summed E-state index contributed by atoms with van der Waals surface area (Å²) in [6.07, 6.45) is 6.39. The van der Waals surface area contributed by atoms with Crippen molar-refractivity contribution in [3.05, 3.63) is 47.5 Å². The van der Waals surface area contributed by atoms with E-state index in [0.717, 1.165) is 44.2 Å². The molecule has 4 aliphatic carbocycles. The van der Waals surface area contributed by atoms with E-state index in [1.165, 1.54) is 5.56 Å². The van der Waals surface area contributed by atoms with E-state index in [9.17, 15) is 14.7 Å². The summed E-state index contributed by atoms with van der Waals surface area (Å²) in [6, 6.07) is 10.4. The Hall–Kier alpha value is -2.02. The number of rotatable bonds is 8. The highest BCUT2D eigenvalue weighted by molar-refractivity contribution is 5.90. The van der Waals surface area contributed by atoms with Crippen molar-refractivity contribution in [3.63, 3.8) is 0 Å². The van der Waals surface area contributed by atoms with E-state index in [1.54, 1.807) is 0 Å². The molecule has 6 heteroatoms. The SMILES string of the molecule is CC(C)C1=C[C@H]2C[C@@]3(C=O)[C@@H]4CC[C@@H](C)[C@H]4C[C@@]2(CO[C@H]2CN(Cc4ccccc4)C[C@@H](C)O2)[C@]13C(=O)O. The molecule has 1 aromatic carbocycles. The fourth-order valence-corrected chi connectivity index (χ4v) is 9.93. The third-order valence-electron chi connectivity index (χ3n) is 11.2. The first-order valence-electron chi connectivity index (χ1n) is 14.6. The third-order valence-corrected chi connectivity index (χ3v) is 11.2. The third kappa shape index (κ3) is 3.42. The van der Waals surface area contributed by atoms with E-state index in [1.807, 2.05) is 6.07 Å². The summed E-state index contributed by atoms with van der Waals surface area (Å²) in [6.45, 7) is 11.2. The second kappa shape index (κ2) is 9.28. The van der Waals surface area contributed by atoms with E-state index in [0.29, 0.717) is 31.4 Å². The summed E-state index contributed by atoms with van der Waals surface area (Å²) < 4.78 is 12.9. The van der Waals surface area contributed by atoms with E-state index in [2.05, 4.69) is 62.9 Å². The van der Waals surface area contributed by atoms with Gasteiger partial charge in [0.2, 0.25) is 0 Å². The molecule has 6 nitrogen and oxygen atoms in total. The average molecular weight is 522 g/mol. The van der Waals surface area contributed by atoms with Crippen LogP contribution in [0.25, 0.3) is 0 Å². The Morgan fingerprint density at radius 2 is 1.95 bits per heavy atom. The average Bonchev–Trinajstić information content (AvgIpc) is 3.45. The van der Waals surface area contributed by atoms with Crippen LogP contribution >= 0.6 is 0 Å². The molecule has 5 aliphatic rings. The quantitative estimate of drug-likeness (QED) is 0.376. The van der Waals surface area contributed by atoms with Gasteiger partial charge in [0.25, 0.3) is 0 Å². The lowest BCUT2D eigenvalue weighted by atomic mass is 9.43. The van der Waals surface area contributed by atoms with Crippen molar-refractivity contribution in [2.45, 2.75) is 72.3 Å². The van der Waals surface area contributed by atoms with Crippen LogP contribution in [-0.4, -0.2) is 54.4 Å². The van der Waals surface area contributed by atoms with Crippen LogP contribution in [0.5, 0.6) is 0 Å². The number of fused-ring (bicyclic) bond motifs is 2. The molecule has 206 valence electrons. The standard InChI is InChI=1S/C32H43NO5/c1-20(2)27-12-24-13-30(18-34)26-11-10-21(3)25(26)14-31(24,32(27,30)29(35)36)19-37-28-17-33(15-22(4)38-28)16-23-8-6-5-7-9-23/h5-9,12,18,20-22,24-26,28H,10-11,13-17,19H2,1-4H3,(H,35,36)/t21-,22-,24+,25-,26-,28-,30-,31+,32+/m1/s1. The highest BCUT2D eigenvalue weighted by Crippen LogP contribution is 2.82. The van der Waals surface area contributed by atoms with Gasteiger partial charge in [0, 0.05) is 25.0 Å². The first-order chi connectivity index (χ1) is 18.2. The van der Waals surface area contributed by atoms with E-state index in [4.69, 9.17) is 9.47 Å². The molecule has 1 aromatic rings. The van der Waals surface area contributed by atoms with Crippen molar-refractivity contribution < 1.29 is 24.2 Å². The molecule has 4 bridgehead atoms. The number of ether oxygens (including phenoxy) is 2. The minimum atomic E-state index is -1.20. The van der Waals surface area contributed by atoms with Gasteiger partial charge in [-0.1, -0.05) is 69.2 Å².